The molecule has 0 amide bonds. The Morgan fingerprint density at radius 3 is 2.57 bits per heavy atom. The number of aromatic hydroxyl groups is 1. The van der Waals surface area contributed by atoms with Gasteiger partial charge in [0.05, 0.1) is 23.1 Å². The van der Waals surface area contributed by atoms with Crippen molar-refractivity contribution in [2.24, 2.45) is 0 Å². The smallest absolute Gasteiger partial charge is 0.213 e. The number of rotatable bonds is 3. The molecule has 3 aromatic rings. The number of methoxy groups -OCH3 is 1. The van der Waals surface area contributed by atoms with Crippen LogP contribution in [-0.2, 0) is 4.74 Å². The Bertz CT molecular complexity index is 1250. The lowest BCUT2D eigenvalue weighted by Crippen LogP contribution is -2.48. The van der Waals surface area contributed by atoms with Crippen LogP contribution in [0.4, 0.5) is 0 Å². The van der Waals surface area contributed by atoms with E-state index in [4.69, 9.17) is 32.4 Å². The maximum Gasteiger partial charge on any atom is 0.213 e. The average molecular weight is 457 g/mol. The summed E-state index contributed by atoms with van der Waals surface area (Å²) in [6, 6.07) is 1.88. The second kappa shape index (κ2) is 7.56. The van der Waals surface area contributed by atoms with Gasteiger partial charge in [-0.05, 0) is 30.2 Å². The van der Waals surface area contributed by atoms with Crippen molar-refractivity contribution < 1.29 is 29.6 Å². The Labute approximate surface area is 180 Å². The molecule has 4 atom stereocenters. The van der Waals surface area contributed by atoms with Crippen LogP contribution in [0.2, 0.25) is 10.2 Å². The first-order valence-corrected chi connectivity index (χ1v) is 9.82. The molecule has 1 aliphatic rings. The van der Waals surface area contributed by atoms with Crippen LogP contribution in [0.15, 0.2) is 33.0 Å². The van der Waals surface area contributed by atoms with Gasteiger partial charge in [-0.15, -0.1) is 0 Å². The van der Waals surface area contributed by atoms with Crippen molar-refractivity contribution in [3.63, 3.8) is 0 Å². The maximum atomic E-state index is 13.1. The number of aryl methyl sites for hydroxylation is 1. The molecule has 1 aromatic carbocycles. The van der Waals surface area contributed by atoms with E-state index in [9.17, 15) is 25.2 Å². The molecule has 0 fully saturated rings. The van der Waals surface area contributed by atoms with Gasteiger partial charge in [0.1, 0.15) is 40.2 Å². The highest BCUT2D eigenvalue weighted by atomic mass is 35.5. The van der Waals surface area contributed by atoms with Gasteiger partial charge < -0.3 is 29.6 Å². The molecule has 0 saturated carbocycles. The first-order chi connectivity index (χ1) is 14.2. The van der Waals surface area contributed by atoms with Crippen LogP contribution < -0.4 is 5.43 Å². The molecule has 1 aliphatic carbocycles. The second-order valence-corrected chi connectivity index (χ2v) is 8.04. The summed E-state index contributed by atoms with van der Waals surface area (Å²) in [6.07, 6.45) is -2.08. The summed E-state index contributed by atoms with van der Waals surface area (Å²) >= 11 is 12.4. The number of halogens is 2. The molecule has 4 unspecified atom stereocenters. The maximum absolute atomic E-state index is 13.1. The Hall–Kier alpha value is -2.07. The highest BCUT2D eigenvalue weighted by Gasteiger charge is 2.40. The van der Waals surface area contributed by atoms with E-state index in [1.54, 1.807) is 6.92 Å². The van der Waals surface area contributed by atoms with Crippen LogP contribution in [0, 0.1) is 6.92 Å². The summed E-state index contributed by atoms with van der Waals surface area (Å²) in [5, 5.41) is 41.2. The van der Waals surface area contributed by atoms with Gasteiger partial charge in [-0.2, -0.15) is 0 Å². The fourth-order valence-electron chi connectivity index (χ4n) is 4.02. The van der Waals surface area contributed by atoms with Crippen molar-refractivity contribution in [3.8, 4) is 5.75 Å². The normalized spacial score (nSPS) is 24.6. The number of nitrogens with zero attached hydrogens (tertiary/aromatic N) is 1. The van der Waals surface area contributed by atoms with Gasteiger partial charge in [-0.3, -0.25) is 9.36 Å². The summed E-state index contributed by atoms with van der Waals surface area (Å²) < 4.78 is 12.5. The molecule has 0 spiro atoms. The number of hydrogen-bond donors (Lipinski definition) is 4. The molecule has 2 aromatic heterocycles. The van der Waals surface area contributed by atoms with E-state index in [2.05, 4.69) is 0 Å². The van der Waals surface area contributed by atoms with Crippen molar-refractivity contribution in [3.05, 3.63) is 49.7 Å². The fraction of sp³-hybridized carbons (Fsp3) is 0.350. The van der Waals surface area contributed by atoms with Crippen LogP contribution in [0.3, 0.4) is 0 Å². The van der Waals surface area contributed by atoms with Crippen LogP contribution in [0.25, 0.3) is 22.1 Å². The molecule has 8 nitrogen and oxygen atoms in total. The van der Waals surface area contributed by atoms with Gasteiger partial charge in [-0.25, -0.2) is 0 Å². The first kappa shape index (κ1) is 21.2. The highest BCUT2D eigenvalue weighted by molar-refractivity contribution is 6.33. The summed E-state index contributed by atoms with van der Waals surface area (Å²) in [7, 11) is 1.36. The SMILES string of the molecule is COC1C(CO)=CC([15n]2c(Cl)cc3c(=O)c4c(O)c(Cl)cc(C)c4oc32)C(O)C1O. The van der Waals surface area contributed by atoms with Crippen LogP contribution in [0.1, 0.15) is 11.6 Å². The number of fused-ring (bicyclic) bond motifs is 2. The molecule has 0 radical (unpaired) electrons. The minimum Gasteiger partial charge on any atom is -0.505 e. The number of phenolic OH excluding ortho intramolecular Hbond substituents is 1. The Kier molecular flexibility index (Phi) is 5.34. The number of aromatic nitrogens is 1. The zero-order valence-corrected chi connectivity index (χ0v) is 17.5. The third kappa shape index (κ3) is 2.95. The van der Waals surface area contributed by atoms with Crippen LogP contribution in [0.5, 0.6) is 5.75 Å². The van der Waals surface area contributed by atoms with E-state index in [-0.39, 0.29) is 32.2 Å². The summed E-state index contributed by atoms with van der Waals surface area (Å²) in [5.74, 6) is -0.393. The van der Waals surface area contributed by atoms with E-state index in [0.717, 1.165) is 0 Å². The van der Waals surface area contributed by atoms with E-state index in [1.807, 2.05) is 0 Å². The molecule has 4 N–H and O–H groups in total. The van der Waals surface area contributed by atoms with E-state index in [0.29, 0.717) is 11.1 Å². The number of benzene rings is 1. The molecule has 0 saturated heterocycles. The molecule has 160 valence electrons. The summed E-state index contributed by atoms with van der Waals surface area (Å²) in [4.78, 5) is 13.1. The molecule has 0 bridgehead atoms. The quantitative estimate of drug-likeness (QED) is 0.445. The lowest BCUT2D eigenvalue weighted by Gasteiger charge is -2.36. The molecule has 0 aliphatic heterocycles. The lowest BCUT2D eigenvalue weighted by atomic mass is 9.89. The first-order valence-electron chi connectivity index (χ1n) is 9.06. The van der Waals surface area contributed by atoms with Gasteiger partial charge in [0.2, 0.25) is 11.1 Å². The van der Waals surface area contributed by atoms with Crippen LogP contribution >= 0.6 is 23.2 Å². The third-order valence-electron chi connectivity index (χ3n) is 5.50. The fourth-order valence-corrected chi connectivity index (χ4v) is 4.57. The molecular weight excluding hydrogens is 438 g/mol. The van der Waals surface area contributed by atoms with Crippen molar-refractivity contribution in [2.75, 3.05) is 13.7 Å². The predicted octanol–water partition coefficient (Wildman–Crippen LogP) is 2.28. The van der Waals surface area contributed by atoms with Gasteiger partial charge in [-0.1, -0.05) is 29.3 Å². The molecule has 4 rings (SSSR count). The van der Waals surface area contributed by atoms with Crippen molar-refractivity contribution in [2.45, 2.75) is 31.3 Å². The average Bonchev–Trinajstić information content (AvgIpc) is 3.04. The standard InChI is InChI=1S/C20H19Cl2NO7/c1-7-3-10(21)15(26)13-14(25)9-5-12(22)23(20(9)30-18(7)13)11-4-8(6-24)19(29-2)17(28)16(11)27/h3-5,11,16-17,19,24,26-28H,6H2,1-2H3/i23+1. The van der Waals surface area contributed by atoms with E-state index < -0.39 is 42.1 Å². The predicted molar refractivity (Wildman–Crippen MR) is 111 cm³/mol. The lowest BCUT2D eigenvalue weighted by molar-refractivity contribution is -0.0827. The van der Waals surface area contributed by atoms with Gasteiger partial charge in [0.15, 0.2) is 0 Å². The third-order valence-corrected chi connectivity index (χ3v) is 6.08. The number of aliphatic hydroxyl groups excluding tert-OH is 3. The van der Waals surface area contributed by atoms with Crippen molar-refractivity contribution in [1.82, 2.24) is 4.57 Å². The van der Waals surface area contributed by atoms with Crippen LogP contribution in [-0.4, -0.2) is 57.0 Å². The molecule has 2 heterocycles. The summed E-state index contributed by atoms with van der Waals surface area (Å²) in [5.41, 5.74) is 0.496. The Morgan fingerprint density at radius 1 is 1.23 bits per heavy atom. The molecule has 30 heavy (non-hydrogen) atoms. The van der Waals surface area contributed by atoms with Crippen molar-refractivity contribution >= 4 is 45.3 Å². The number of hydrogen-bond acceptors (Lipinski definition) is 7. The van der Waals surface area contributed by atoms with E-state index in [1.165, 1.54) is 29.9 Å². The van der Waals surface area contributed by atoms with E-state index >= 15 is 0 Å². The number of aliphatic hydroxyl groups is 3. The number of ether oxygens (including phenoxy) is 1. The Morgan fingerprint density at radius 2 is 1.93 bits per heavy atom. The number of phenols is 1. The monoisotopic (exact) mass is 456 g/mol. The largest absolute Gasteiger partial charge is 0.505 e. The minimum absolute atomic E-state index is 0.0177. The second-order valence-electron chi connectivity index (χ2n) is 7.24. The molecule has 10 heteroatoms. The van der Waals surface area contributed by atoms with Gasteiger partial charge in [0, 0.05) is 7.11 Å². The Balaban J connectivity index is 2.05. The topological polar surface area (TPSA) is 125 Å². The van der Waals surface area contributed by atoms with Crippen molar-refractivity contribution in [1.29, 1.82) is 0 Å². The minimum atomic E-state index is -1.36. The zero-order chi connectivity index (χ0) is 21.9. The zero-order valence-electron chi connectivity index (χ0n) is 16.0. The molecular formula is C20H19Cl2NO7. The summed E-state index contributed by atoms with van der Waals surface area (Å²) in [6.45, 7) is 1.26. The van der Waals surface area contributed by atoms with Gasteiger partial charge >= 0.3 is 0 Å². The highest BCUT2D eigenvalue weighted by Crippen LogP contribution is 2.39. The van der Waals surface area contributed by atoms with Gasteiger partial charge in [0.25, 0.3) is 0 Å².